The van der Waals surface area contributed by atoms with Crippen molar-refractivity contribution in [2.45, 2.75) is 39.2 Å². The Balaban J connectivity index is 4.41. The number of phosphoric acid groups is 1. The van der Waals surface area contributed by atoms with Crippen LogP contribution >= 0.6 is 7.82 Å². The molecule has 0 radical (unpaired) electrons. The number of quaternary nitrogens is 1. The van der Waals surface area contributed by atoms with Gasteiger partial charge in [-0.1, -0.05) is 13.3 Å². The van der Waals surface area contributed by atoms with Crippen molar-refractivity contribution in [1.29, 1.82) is 0 Å². The van der Waals surface area contributed by atoms with E-state index in [1.165, 1.54) is 6.92 Å². The van der Waals surface area contributed by atoms with Gasteiger partial charge in [0.2, 0.25) is 0 Å². The number of ether oxygens (including phenoxy) is 2. The second kappa shape index (κ2) is 12.4. The highest BCUT2D eigenvalue weighted by Gasteiger charge is 2.26. The highest BCUT2D eigenvalue weighted by Crippen LogP contribution is 2.43. The third kappa shape index (κ3) is 13.2. The number of unbranched alkanes of at least 4 members (excludes halogenated alkanes) is 1. The van der Waals surface area contributed by atoms with E-state index in [-0.39, 0.29) is 19.6 Å². The number of carbonyl (C=O) groups excluding carboxylic acids is 2. The Morgan fingerprint density at radius 3 is 2.42 bits per heavy atom. The predicted molar refractivity (Wildman–Crippen MR) is 93.8 cm³/mol. The minimum atomic E-state index is -4.33. The Kier molecular flexibility index (Phi) is 11.9. The molecule has 0 aromatic carbocycles. The van der Waals surface area contributed by atoms with Gasteiger partial charge in [-0.3, -0.25) is 24.4 Å². The molecule has 26 heavy (non-hydrogen) atoms. The molecule has 0 heterocycles. The summed E-state index contributed by atoms with van der Waals surface area (Å²) in [6.07, 6.45) is 0.778. The predicted octanol–water partition coefficient (Wildman–Crippen LogP) is 0.778. The fraction of sp³-hybridized carbons (Fsp3) is 0.867. The normalized spacial score (nSPS) is 15.2. The van der Waals surface area contributed by atoms with Crippen LogP contribution < -0.4 is 5.73 Å². The topological polar surface area (TPSA) is 134 Å². The lowest BCUT2D eigenvalue weighted by atomic mass is 10.2. The summed E-state index contributed by atoms with van der Waals surface area (Å²) in [5, 5.41) is 0. The Bertz CT molecular complexity index is 486. The maximum atomic E-state index is 11.9. The molecule has 0 aliphatic rings. The number of esters is 2. The van der Waals surface area contributed by atoms with Gasteiger partial charge in [0.1, 0.15) is 26.4 Å². The first-order valence-electron chi connectivity index (χ1n) is 8.48. The number of phosphoric ester groups is 1. The van der Waals surface area contributed by atoms with E-state index in [0.29, 0.717) is 24.1 Å². The summed E-state index contributed by atoms with van der Waals surface area (Å²) >= 11 is 0. The fourth-order valence-electron chi connectivity index (χ4n) is 1.64. The summed E-state index contributed by atoms with van der Waals surface area (Å²) in [6, 6.07) is 0. The summed E-state index contributed by atoms with van der Waals surface area (Å²) in [6.45, 7) is 3.12. The summed E-state index contributed by atoms with van der Waals surface area (Å²) in [5.74, 6) is -1.06. The monoisotopic (exact) mass is 399 g/mol. The first kappa shape index (κ1) is 25.0. The molecular weight excluding hydrogens is 367 g/mol. The molecule has 10 nitrogen and oxygen atoms in total. The molecule has 1 unspecified atom stereocenters. The van der Waals surface area contributed by atoms with Crippen molar-refractivity contribution in [1.82, 2.24) is 0 Å². The number of nitrogens with two attached hydrogens (primary N) is 1. The average molecular weight is 399 g/mol. The van der Waals surface area contributed by atoms with Crippen LogP contribution in [0.25, 0.3) is 0 Å². The van der Waals surface area contributed by atoms with Gasteiger partial charge in [-0.05, 0) is 6.42 Å². The minimum Gasteiger partial charge on any atom is -0.462 e. The lowest BCUT2D eigenvalue weighted by Crippen LogP contribution is -2.46. The molecule has 0 rings (SSSR count). The van der Waals surface area contributed by atoms with Gasteiger partial charge in [-0.25, -0.2) is 4.57 Å². The van der Waals surface area contributed by atoms with E-state index in [9.17, 15) is 19.0 Å². The number of nitrogens with zero attached hydrogens (tertiary/aromatic N) is 1. The Morgan fingerprint density at radius 1 is 1.23 bits per heavy atom. The molecule has 0 amide bonds. The van der Waals surface area contributed by atoms with E-state index in [4.69, 9.17) is 24.3 Å². The Hall–Kier alpha value is -1.03. The molecule has 0 saturated heterocycles. The van der Waals surface area contributed by atoms with E-state index in [0.717, 1.165) is 6.42 Å². The van der Waals surface area contributed by atoms with Crippen LogP contribution in [0.5, 0.6) is 0 Å². The van der Waals surface area contributed by atoms with Crippen molar-refractivity contribution < 1.29 is 42.1 Å². The molecule has 0 spiro atoms. The van der Waals surface area contributed by atoms with Gasteiger partial charge in [0.15, 0.2) is 6.10 Å². The number of rotatable bonds is 14. The minimum absolute atomic E-state index is 0.0395. The average Bonchev–Trinajstić information content (AvgIpc) is 2.54. The molecule has 0 fully saturated rings. The summed E-state index contributed by atoms with van der Waals surface area (Å²) < 4.78 is 31.9. The number of carbonyl (C=O) groups is 2. The van der Waals surface area contributed by atoms with E-state index in [1.54, 1.807) is 0 Å². The Labute approximate surface area is 154 Å². The molecule has 0 bridgehead atoms. The van der Waals surface area contributed by atoms with Gasteiger partial charge in [-0.15, -0.1) is 0 Å². The maximum Gasteiger partial charge on any atom is 0.472 e. The Morgan fingerprint density at radius 2 is 1.88 bits per heavy atom. The molecule has 3 N–H and O–H groups in total. The summed E-state index contributed by atoms with van der Waals surface area (Å²) in [7, 11) is -0.647. The lowest BCUT2D eigenvalue weighted by molar-refractivity contribution is -0.890. The molecule has 0 aliphatic carbocycles. The molecule has 11 heteroatoms. The van der Waals surface area contributed by atoms with Crippen molar-refractivity contribution in [2.24, 2.45) is 5.73 Å². The largest absolute Gasteiger partial charge is 0.472 e. The second-order valence-electron chi connectivity index (χ2n) is 6.46. The lowest BCUT2D eigenvalue weighted by Gasteiger charge is -2.27. The van der Waals surface area contributed by atoms with Crippen LogP contribution in [0.1, 0.15) is 33.1 Å². The van der Waals surface area contributed by atoms with E-state index >= 15 is 0 Å². The van der Waals surface area contributed by atoms with Gasteiger partial charge in [0.05, 0.1) is 20.7 Å². The quantitative estimate of drug-likeness (QED) is 0.188. The van der Waals surface area contributed by atoms with Gasteiger partial charge in [-0.2, -0.15) is 0 Å². The van der Waals surface area contributed by atoms with Crippen molar-refractivity contribution in [3.05, 3.63) is 0 Å². The zero-order valence-corrected chi connectivity index (χ0v) is 16.9. The highest BCUT2D eigenvalue weighted by molar-refractivity contribution is 7.47. The number of hydrogen-bond donors (Lipinski definition) is 2. The van der Waals surface area contributed by atoms with Crippen LogP contribution in [0.2, 0.25) is 0 Å². The van der Waals surface area contributed by atoms with E-state index < -0.39 is 32.5 Å². The van der Waals surface area contributed by atoms with Gasteiger partial charge in [0.25, 0.3) is 0 Å². The van der Waals surface area contributed by atoms with Crippen LogP contribution in [0.3, 0.4) is 0 Å². The van der Waals surface area contributed by atoms with Crippen LogP contribution in [0, 0.1) is 0 Å². The maximum absolute atomic E-state index is 11.9. The van der Waals surface area contributed by atoms with Crippen molar-refractivity contribution in [3.8, 4) is 0 Å². The fourth-order valence-corrected chi connectivity index (χ4v) is 2.38. The zero-order chi connectivity index (χ0) is 20.2. The molecule has 154 valence electrons. The van der Waals surface area contributed by atoms with Crippen LogP contribution in [-0.2, 0) is 32.7 Å². The third-order valence-corrected chi connectivity index (χ3v) is 4.35. The smallest absolute Gasteiger partial charge is 0.462 e. The van der Waals surface area contributed by atoms with E-state index in [2.05, 4.69) is 0 Å². The number of likely N-dealkylation sites (N-methyl/N-ethyl adjacent to an activating group) is 1. The van der Waals surface area contributed by atoms with Gasteiger partial charge >= 0.3 is 19.8 Å². The van der Waals surface area contributed by atoms with Crippen LogP contribution in [0.4, 0.5) is 0 Å². The summed E-state index contributed by atoms with van der Waals surface area (Å²) in [4.78, 5) is 32.3. The first-order valence-corrected chi connectivity index (χ1v) is 9.97. The van der Waals surface area contributed by atoms with Crippen molar-refractivity contribution in [2.75, 3.05) is 47.1 Å². The summed E-state index contributed by atoms with van der Waals surface area (Å²) in [5.41, 5.74) is 5.55. The van der Waals surface area contributed by atoms with Gasteiger partial charge in [0, 0.05) is 13.3 Å². The number of hydrogen-bond acceptors (Lipinski definition) is 8. The standard InChI is InChI=1S/C15H31N2O8P/c1-5-6-7-15(19)22-10-14(25-13(2)18)11-24-26(20,21)23-9-8-17(3,4)12-16/h14H,5-12,16H2,1-4H3/p+1/t14-/m1/s1. The first-order chi connectivity index (χ1) is 12.0. The zero-order valence-electron chi connectivity index (χ0n) is 16.0. The molecule has 2 atom stereocenters. The van der Waals surface area contributed by atoms with E-state index in [1.807, 2.05) is 21.0 Å². The molecule has 0 aliphatic heterocycles. The highest BCUT2D eigenvalue weighted by atomic mass is 31.2. The third-order valence-electron chi connectivity index (χ3n) is 3.37. The molecule has 0 saturated carbocycles. The van der Waals surface area contributed by atoms with Crippen LogP contribution in [-0.4, -0.2) is 74.5 Å². The SMILES string of the molecule is CCCCC(=O)OC[C@H](COP(=O)(O)OCC[N+](C)(C)CN)OC(C)=O. The van der Waals surface area contributed by atoms with Crippen molar-refractivity contribution in [3.63, 3.8) is 0 Å². The van der Waals surface area contributed by atoms with Gasteiger partial charge < -0.3 is 18.9 Å². The molecule has 0 aromatic rings. The molecule has 0 aromatic heterocycles. The molecular formula is C15H32N2O8P+. The van der Waals surface area contributed by atoms with Crippen LogP contribution in [0.15, 0.2) is 0 Å². The van der Waals surface area contributed by atoms with Crippen molar-refractivity contribution >= 4 is 19.8 Å². The second-order valence-corrected chi connectivity index (χ2v) is 7.91.